The molecule has 0 aliphatic carbocycles. The number of hydrogen-bond donors (Lipinski definition) is 1. The average molecular weight is 221 g/mol. The lowest BCUT2D eigenvalue weighted by Gasteiger charge is -2.23. The van der Waals surface area contributed by atoms with Gasteiger partial charge in [-0.1, -0.05) is 17.7 Å². The quantitative estimate of drug-likeness (QED) is 0.820. The standard InChI is InChI=1S/C13H19NS/c1-10-6-7-12(11(2)9-10)15-13-5-3-4-8-14-13/h6-7,9,13-14H,3-5,8H2,1-2H3. The van der Waals surface area contributed by atoms with Gasteiger partial charge < -0.3 is 5.32 Å². The first-order chi connectivity index (χ1) is 7.25. The summed E-state index contributed by atoms with van der Waals surface area (Å²) in [7, 11) is 0. The fourth-order valence-corrected chi connectivity index (χ4v) is 3.19. The van der Waals surface area contributed by atoms with Crippen LogP contribution in [0.1, 0.15) is 30.4 Å². The summed E-state index contributed by atoms with van der Waals surface area (Å²) in [6, 6.07) is 6.73. The predicted octanol–water partition coefficient (Wildman–Crippen LogP) is 3.50. The van der Waals surface area contributed by atoms with Crippen LogP contribution in [0.3, 0.4) is 0 Å². The van der Waals surface area contributed by atoms with Gasteiger partial charge >= 0.3 is 0 Å². The van der Waals surface area contributed by atoms with Gasteiger partial charge in [-0.15, -0.1) is 11.8 Å². The average Bonchev–Trinajstić information content (AvgIpc) is 2.24. The van der Waals surface area contributed by atoms with Crippen LogP contribution in [0.5, 0.6) is 0 Å². The zero-order chi connectivity index (χ0) is 10.7. The third-order valence-electron chi connectivity index (χ3n) is 2.86. The minimum atomic E-state index is 0.625. The molecule has 1 fully saturated rings. The molecular formula is C13H19NS. The van der Waals surface area contributed by atoms with Gasteiger partial charge in [0.25, 0.3) is 0 Å². The van der Waals surface area contributed by atoms with Crippen LogP contribution in [0.4, 0.5) is 0 Å². The second-order valence-electron chi connectivity index (χ2n) is 4.33. The Kier molecular flexibility index (Phi) is 3.71. The summed E-state index contributed by atoms with van der Waals surface area (Å²) < 4.78 is 0. The molecule has 1 aliphatic rings. The summed E-state index contributed by atoms with van der Waals surface area (Å²) in [6.45, 7) is 5.54. The number of benzene rings is 1. The summed E-state index contributed by atoms with van der Waals surface area (Å²) in [5, 5.41) is 4.20. The van der Waals surface area contributed by atoms with E-state index in [9.17, 15) is 0 Å². The SMILES string of the molecule is Cc1ccc(SC2CCCCN2)c(C)c1. The molecule has 0 amide bonds. The maximum absolute atomic E-state index is 3.57. The molecule has 0 bridgehead atoms. The molecule has 82 valence electrons. The van der Waals surface area contributed by atoms with E-state index in [2.05, 4.69) is 37.4 Å². The minimum absolute atomic E-state index is 0.625. The molecule has 1 nitrogen and oxygen atoms in total. The van der Waals surface area contributed by atoms with E-state index in [-0.39, 0.29) is 0 Å². The Hall–Kier alpha value is -0.470. The van der Waals surface area contributed by atoms with E-state index in [1.54, 1.807) is 0 Å². The van der Waals surface area contributed by atoms with Crippen LogP contribution in [0.25, 0.3) is 0 Å². The topological polar surface area (TPSA) is 12.0 Å². The first-order valence-electron chi connectivity index (χ1n) is 5.73. The Bertz CT molecular complexity index is 329. The first-order valence-corrected chi connectivity index (χ1v) is 6.61. The van der Waals surface area contributed by atoms with Crippen molar-refractivity contribution >= 4 is 11.8 Å². The molecule has 1 N–H and O–H groups in total. The van der Waals surface area contributed by atoms with E-state index >= 15 is 0 Å². The van der Waals surface area contributed by atoms with Crippen LogP contribution in [-0.2, 0) is 0 Å². The van der Waals surface area contributed by atoms with Crippen molar-refractivity contribution in [1.29, 1.82) is 0 Å². The van der Waals surface area contributed by atoms with E-state index in [4.69, 9.17) is 0 Å². The van der Waals surface area contributed by atoms with Crippen molar-refractivity contribution < 1.29 is 0 Å². The summed E-state index contributed by atoms with van der Waals surface area (Å²) in [4.78, 5) is 1.43. The molecular weight excluding hydrogens is 202 g/mol. The minimum Gasteiger partial charge on any atom is -0.305 e. The maximum Gasteiger partial charge on any atom is 0.0579 e. The van der Waals surface area contributed by atoms with Gasteiger partial charge in [0.05, 0.1) is 5.37 Å². The van der Waals surface area contributed by atoms with Crippen molar-refractivity contribution in [3.8, 4) is 0 Å². The largest absolute Gasteiger partial charge is 0.305 e. The molecule has 1 saturated heterocycles. The number of hydrogen-bond acceptors (Lipinski definition) is 2. The van der Waals surface area contributed by atoms with Crippen molar-refractivity contribution in [2.75, 3.05) is 6.54 Å². The van der Waals surface area contributed by atoms with Crippen molar-refractivity contribution in [3.63, 3.8) is 0 Å². The Labute approximate surface area is 96.7 Å². The van der Waals surface area contributed by atoms with E-state index in [0.717, 1.165) is 0 Å². The Morgan fingerprint density at radius 1 is 1.27 bits per heavy atom. The molecule has 1 atom stereocenters. The third-order valence-corrected chi connectivity index (χ3v) is 4.26. The molecule has 0 radical (unpaired) electrons. The molecule has 1 heterocycles. The van der Waals surface area contributed by atoms with Crippen LogP contribution in [-0.4, -0.2) is 11.9 Å². The maximum atomic E-state index is 3.57. The first kappa shape index (κ1) is 11.0. The van der Waals surface area contributed by atoms with Gasteiger partial charge in [0.2, 0.25) is 0 Å². The number of aryl methyl sites for hydroxylation is 2. The van der Waals surface area contributed by atoms with E-state index in [1.807, 2.05) is 11.8 Å². The number of nitrogens with one attached hydrogen (secondary N) is 1. The molecule has 1 aliphatic heterocycles. The summed E-state index contributed by atoms with van der Waals surface area (Å²) in [5.74, 6) is 0. The number of rotatable bonds is 2. The van der Waals surface area contributed by atoms with Crippen LogP contribution >= 0.6 is 11.8 Å². The van der Waals surface area contributed by atoms with Crippen molar-refractivity contribution in [2.45, 2.75) is 43.4 Å². The lowest BCUT2D eigenvalue weighted by atomic mass is 10.2. The van der Waals surface area contributed by atoms with Gasteiger partial charge in [0, 0.05) is 4.90 Å². The highest BCUT2D eigenvalue weighted by Gasteiger charge is 2.14. The zero-order valence-corrected chi connectivity index (χ0v) is 10.4. The van der Waals surface area contributed by atoms with Crippen LogP contribution in [0, 0.1) is 13.8 Å². The van der Waals surface area contributed by atoms with Crippen molar-refractivity contribution in [1.82, 2.24) is 5.32 Å². The van der Waals surface area contributed by atoms with Gasteiger partial charge in [0.1, 0.15) is 0 Å². The van der Waals surface area contributed by atoms with Gasteiger partial charge in [-0.3, -0.25) is 0 Å². The molecule has 1 aromatic carbocycles. The van der Waals surface area contributed by atoms with Gasteiger partial charge in [0.15, 0.2) is 0 Å². The van der Waals surface area contributed by atoms with Crippen LogP contribution in [0.2, 0.25) is 0 Å². The lowest BCUT2D eigenvalue weighted by molar-refractivity contribution is 0.491. The smallest absolute Gasteiger partial charge is 0.0579 e. The Balaban J connectivity index is 2.03. The summed E-state index contributed by atoms with van der Waals surface area (Å²) in [5.41, 5.74) is 2.76. The molecule has 0 spiro atoms. The van der Waals surface area contributed by atoms with Crippen LogP contribution < -0.4 is 5.32 Å². The molecule has 2 heteroatoms. The van der Waals surface area contributed by atoms with E-state index in [0.29, 0.717) is 5.37 Å². The Morgan fingerprint density at radius 3 is 2.80 bits per heavy atom. The third kappa shape index (κ3) is 2.99. The Morgan fingerprint density at radius 2 is 2.13 bits per heavy atom. The van der Waals surface area contributed by atoms with E-state index in [1.165, 1.54) is 41.8 Å². The molecule has 15 heavy (non-hydrogen) atoms. The zero-order valence-electron chi connectivity index (χ0n) is 9.55. The van der Waals surface area contributed by atoms with Gasteiger partial charge in [-0.05, 0) is 51.3 Å². The summed E-state index contributed by atoms with van der Waals surface area (Å²) in [6.07, 6.45) is 4.01. The monoisotopic (exact) mass is 221 g/mol. The second kappa shape index (κ2) is 5.04. The number of thioether (sulfide) groups is 1. The molecule has 0 saturated carbocycles. The fraction of sp³-hybridized carbons (Fsp3) is 0.538. The molecule has 2 rings (SSSR count). The fourth-order valence-electron chi connectivity index (χ4n) is 2.01. The second-order valence-corrected chi connectivity index (χ2v) is 5.57. The summed E-state index contributed by atoms with van der Waals surface area (Å²) >= 11 is 1.99. The lowest BCUT2D eigenvalue weighted by Crippen LogP contribution is -2.31. The van der Waals surface area contributed by atoms with Gasteiger partial charge in [-0.2, -0.15) is 0 Å². The highest BCUT2D eigenvalue weighted by Crippen LogP contribution is 2.29. The highest BCUT2D eigenvalue weighted by molar-refractivity contribution is 8.00. The molecule has 1 unspecified atom stereocenters. The highest BCUT2D eigenvalue weighted by atomic mass is 32.2. The predicted molar refractivity (Wildman–Crippen MR) is 67.4 cm³/mol. The van der Waals surface area contributed by atoms with Gasteiger partial charge in [-0.25, -0.2) is 0 Å². The van der Waals surface area contributed by atoms with Crippen LogP contribution in [0.15, 0.2) is 23.1 Å². The molecule has 1 aromatic rings. The number of piperidine rings is 1. The van der Waals surface area contributed by atoms with Crippen molar-refractivity contribution in [3.05, 3.63) is 29.3 Å². The van der Waals surface area contributed by atoms with Crippen molar-refractivity contribution in [2.24, 2.45) is 0 Å². The molecule has 0 aromatic heterocycles. The van der Waals surface area contributed by atoms with E-state index < -0.39 is 0 Å². The normalized spacial score (nSPS) is 21.6.